The summed E-state index contributed by atoms with van der Waals surface area (Å²) >= 11 is 5.94. The molecule has 0 saturated heterocycles. The van der Waals surface area contributed by atoms with Crippen molar-refractivity contribution in [2.45, 2.75) is 19.3 Å². The zero-order chi connectivity index (χ0) is 11.4. The Hall–Kier alpha value is -1.35. The molecule has 0 radical (unpaired) electrons. The molecule has 0 bridgehead atoms. The van der Waals surface area contributed by atoms with Gasteiger partial charge in [-0.3, -0.25) is 4.79 Å². The normalized spacial score (nSPS) is 16.1. The lowest BCUT2D eigenvalue weighted by molar-refractivity contribution is -0.127. The minimum absolute atomic E-state index is 0.00885. The van der Waals surface area contributed by atoms with Crippen LogP contribution in [0.15, 0.2) is 29.4 Å². The van der Waals surface area contributed by atoms with E-state index in [0.717, 1.165) is 24.8 Å². The summed E-state index contributed by atoms with van der Waals surface area (Å²) in [4.78, 5) is 11.4. The van der Waals surface area contributed by atoms with Gasteiger partial charge in [0.2, 0.25) is 5.91 Å². The van der Waals surface area contributed by atoms with Crippen molar-refractivity contribution in [3.63, 3.8) is 0 Å². The van der Waals surface area contributed by atoms with E-state index in [4.69, 9.17) is 11.6 Å². The third kappa shape index (κ3) is 2.61. The Balaban J connectivity index is 1.89. The van der Waals surface area contributed by atoms with Crippen LogP contribution in [0.25, 0.3) is 0 Å². The fourth-order valence-electron chi connectivity index (χ4n) is 1.51. The zero-order valence-corrected chi connectivity index (χ0v) is 9.57. The molecule has 1 aromatic rings. The number of rotatable bonds is 3. The number of halogens is 1. The number of carbonyl (C=O) groups is 1. The van der Waals surface area contributed by atoms with Gasteiger partial charge in [-0.25, -0.2) is 5.43 Å². The molecule has 1 saturated carbocycles. The largest absolute Gasteiger partial charge is 0.273 e. The number of hydrogen-bond acceptors (Lipinski definition) is 2. The number of nitrogens with one attached hydrogen (secondary N) is 1. The van der Waals surface area contributed by atoms with Gasteiger partial charge in [0.25, 0.3) is 0 Å². The molecule has 4 heteroatoms. The van der Waals surface area contributed by atoms with Gasteiger partial charge in [-0.2, -0.15) is 5.10 Å². The highest BCUT2D eigenvalue weighted by molar-refractivity contribution is 6.33. The number of amides is 1. The summed E-state index contributed by atoms with van der Waals surface area (Å²) < 4.78 is 0. The van der Waals surface area contributed by atoms with Gasteiger partial charge in [-0.1, -0.05) is 36.2 Å². The second kappa shape index (κ2) is 5.12. The van der Waals surface area contributed by atoms with Gasteiger partial charge in [0, 0.05) is 16.5 Å². The van der Waals surface area contributed by atoms with Crippen molar-refractivity contribution in [3.05, 3.63) is 34.9 Å². The molecule has 0 unspecified atom stereocenters. The first-order valence-electron chi connectivity index (χ1n) is 5.35. The minimum atomic E-state index is 0.00885. The Bertz CT molecular complexity index is 413. The van der Waals surface area contributed by atoms with E-state index in [1.54, 1.807) is 12.3 Å². The number of benzene rings is 1. The van der Waals surface area contributed by atoms with Gasteiger partial charge in [0.15, 0.2) is 0 Å². The second-order valence-corrected chi connectivity index (χ2v) is 4.29. The van der Waals surface area contributed by atoms with Crippen LogP contribution in [0.5, 0.6) is 0 Å². The van der Waals surface area contributed by atoms with Crippen molar-refractivity contribution < 1.29 is 4.79 Å². The molecule has 0 aliphatic heterocycles. The minimum Gasteiger partial charge on any atom is -0.273 e. The zero-order valence-electron chi connectivity index (χ0n) is 8.82. The quantitative estimate of drug-likeness (QED) is 0.636. The van der Waals surface area contributed by atoms with Gasteiger partial charge < -0.3 is 0 Å². The third-order valence-electron chi connectivity index (χ3n) is 2.76. The van der Waals surface area contributed by atoms with Crippen LogP contribution in [0.4, 0.5) is 0 Å². The second-order valence-electron chi connectivity index (χ2n) is 3.88. The lowest BCUT2D eigenvalue weighted by Crippen LogP contribution is -2.31. The van der Waals surface area contributed by atoms with Crippen LogP contribution in [-0.2, 0) is 4.79 Å². The number of hydrazone groups is 1. The summed E-state index contributed by atoms with van der Waals surface area (Å²) in [6, 6.07) is 7.37. The molecule has 84 valence electrons. The fraction of sp³-hybridized carbons (Fsp3) is 0.333. The van der Waals surface area contributed by atoms with E-state index < -0.39 is 0 Å². The van der Waals surface area contributed by atoms with Crippen LogP contribution in [0.3, 0.4) is 0 Å². The van der Waals surface area contributed by atoms with Crippen molar-refractivity contribution >= 4 is 23.7 Å². The summed E-state index contributed by atoms with van der Waals surface area (Å²) in [5, 5.41) is 4.53. The van der Waals surface area contributed by atoms with Crippen LogP contribution in [0, 0.1) is 5.92 Å². The van der Waals surface area contributed by atoms with Gasteiger partial charge in [0.05, 0.1) is 6.21 Å². The standard InChI is InChI=1S/C12H13ClN2O/c13-11-7-2-1-4-10(11)8-14-15-12(16)9-5-3-6-9/h1-2,4,7-9H,3,5-6H2,(H,15,16)/b14-8+. The Labute approximate surface area is 99.5 Å². The summed E-state index contributed by atoms with van der Waals surface area (Å²) in [5.74, 6) is 0.165. The van der Waals surface area contributed by atoms with Gasteiger partial charge >= 0.3 is 0 Å². The first-order chi connectivity index (χ1) is 7.77. The summed E-state index contributed by atoms with van der Waals surface area (Å²) in [6.07, 6.45) is 4.67. The molecule has 0 atom stereocenters. The smallest absolute Gasteiger partial charge is 0.243 e. The lowest BCUT2D eigenvalue weighted by atomic mass is 9.85. The summed E-state index contributed by atoms with van der Waals surface area (Å²) in [6.45, 7) is 0. The maximum Gasteiger partial charge on any atom is 0.243 e. The predicted molar refractivity (Wildman–Crippen MR) is 64.5 cm³/mol. The molecule has 0 aromatic heterocycles. The molecule has 3 nitrogen and oxygen atoms in total. The van der Waals surface area contributed by atoms with Crippen molar-refractivity contribution in [1.29, 1.82) is 0 Å². The Morgan fingerprint density at radius 3 is 2.81 bits per heavy atom. The lowest BCUT2D eigenvalue weighted by Gasteiger charge is -2.22. The van der Waals surface area contributed by atoms with Crippen molar-refractivity contribution in [1.82, 2.24) is 5.43 Å². The fourth-order valence-corrected chi connectivity index (χ4v) is 1.69. The van der Waals surface area contributed by atoms with Gasteiger partial charge in [-0.05, 0) is 18.9 Å². The number of nitrogens with zero attached hydrogens (tertiary/aromatic N) is 1. The number of hydrogen-bond donors (Lipinski definition) is 1. The maximum absolute atomic E-state index is 11.4. The number of carbonyl (C=O) groups excluding carboxylic acids is 1. The van der Waals surface area contributed by atoms with E-state index in [2.05, 4.69) is 10.5 Å². The Kier molecular flexibility index (Phi) is 3.57. The molecule has 1 aromatic carbocycles. The highest BCUT2D eigenvalue weighted by Gasteiger charge is 2.24. The van der Waals surface area contributed by atoms with E-state index in [9.17, 15) is 4.79 Å². The van der Waals surface area contributed by atoms with Crippen LogP contribution in [0.1, 0.15) is 24.8 Å². The van der Waals surface area contributed by atoms with Gasteiger partial charge in [-0.15, -0.1) is 0 Å². The average Bonchev–Trinajstić information content (AvgIpc) is 2.18. The molecule has 16 heavy (non-hydrogen) atoms. The van der Waals surface area contributed by atoms with Gasteiger partial charge in [0.1, 0.15) is 0 Å². The molecule has 1 amide bonds. The Morgan fingerprint density at radius 2 is 2.19 bits per heavy atom. The summed E-state index contributed by atoms with van der Waals surface area (Å²) in [7, 11) is 0. The molecule has 1 fully saturated rings. The molecule has 1 N–H and O–H groups in total. The first-order valence-corrected chi connectivity index (χ1v) is 5.72. The van der Waals surface area contributed by atoms with Crippen LogP contribution in [0.2, 0.25) is 5.02 Å². The van der Waals surface area contributed by atoms with Crippen LogP contribution < -0.4 is 5.43 Å². The van der Waals surface area contributed by atoms with E-state index in [1.807, 2.05) is 18.2 Å². The maximum atomic E-state index is 11.4. The van der Waals surface area contributed by atoms with Crippen molar-refractivity contribution in [2.75, 3.05) is 0 Å². The molecule has 1 aliphatic carbocycles. The first kappa shape index (κ1) is 11.1. The molecule has 1 aliphatic rings. The molecular weight excluding hydrogens is 224 g/mol. The van der Waals surface area contributed by atoms with E-state index in [1.165, 1.54) is 0 Å². The van der Waals surface area contributed by atoms with E-state index in [0.29, 0.717) is 5.02 Å². The SMILES string of the molecule is O=C(N/N=C/c1ccccc1Cl)C1CCC1. The highest BCUT2D eigenvalue weighted by atomic mass is 35.5. The van der Waals surface area contributed by atoms with Crippen molar-refractivity contribution in [3.8, 4) is 0 Å². The monoisotopic (exact) mass is 236 g/mol. The third-order valence-corrected chi connectivity index (χ3v) is 3.10. The van der Waals surface area contributed by atoms with E-state index >= 15 is 0 Å². The topological polar surface area (TPSA) is 41.5 Å². The van der Waals surface area contributed by atoms with Crippen LogP contribution in [-0.4, -0.2) is 12.1 Å². The molecule has 0 heterocycles. The molecule has 2 rings (SSSR count). The molecular formula is C12H13ClN2O. The highest BCUT2D eigenvalue weighted by Crippen LogP contribution is 2.26. The van der Waals surface area contributed by atoms with Crippen LogP contribution >= 0.6 is 11.6 Å². The molecule has 0 spiro atoms. The van der Waals surface area contributed by atoms with E-state index in [-0.39, 0.29) is 11.8 Å². The Morgan fingerprint density at radius 1 is 1.44 bits per heavy atom. The van der Waals surface area contributed by atoms with Crippen molar-refractivity contribution in [2.24, 2.45) is 11.0 Å². The average molecular weight is 237 g/mol. The summed E-state index contributed by atoms with van der Waals surface area (Å²) in [5.41, 5.74) is 3.34. The predicted octanol–water partition coefficient (Wildman–Crippen LogP) is 2.59.